The molecule has 3 amide bonds. The number of likely N-dealkylation sites (N-methyl/N-ethyl adjacent to an activating group) is 1. The molecule has 1 unspecified atom stereocenters. The first-order valence-corrected chi connectivity index (χ1v) is 9.32. The summed E-state index contributed by atoms with van der Waals surface area (Å²) in [7, 11) is 1.55. The van der Waals surface area contributed by atoms with Crippen LogP contribution in [0, 0.1) is 13.8 Å². The zero-order valence-electron chi connectivity index (χ0n) is 16.7. The number of furan rings is 1. The summed E-state index contributed by atoms with van der Waals surface area (Å²) in [5.74, 6) is 0.520. The molecule has 1 saturated heterocycles. The maximum atomic E-state index is 13.2. The van der Waals surface area contributed by atoms with Gasteiger partial charge in [-0.3, -0.25) is 14.5 Å². The number of ether oxygens (including phenoxy) is 1. The minimum Gasteiger partial charge on any atom is -0.466 e. The van der Waals surface area contributed by atoms with Gasteiger partial charge in [0.15, 0.2) is 0 Å². The third-order valence-electron chi connectivity index (χ3n) is 5.31. The lowest BCUT2D eigenvalue weighted by molar-refractivity contribution is -0.682. The molecule has 2 aromatic heterocycles. The van der Waals surface area contributed by atoms with E-state index in [0.717, 1.165) is 22.0 Å². The van der Waals surface area contributed by atoms with E-state index in [2.05, 4.69) is 4.99 Å². The molecule has 0 spiro atoms. The molecule has 2 aliphatic heterocycles. The maximum Gasteiger partial charge on any atom is 0.402 e. The fraction of sp³-hybridized carbons (Fsp3) is 0.421. The van der Waals surface area contributed by atoms with Crippen LogP contribution in [0.1, 0.15) is 30.1 Å². The van der Waals surface area contributed by atoms with E-state index < -0.39 is 30.5 Å². The first kappa shape index (κ1) is 18.9. The molecule has 0 N–H and O–H groups in total. The Labute approximate surface area is 167 Å². The molecule has 0 saturated carbocycles. The highest BCUT2D eigenvalue weighted by atomic mass is 16.5. The summed E-state index contributed by atoms with van der Waals surface area (Å²) in [6, 6.07) is 2.26. The van der Waals surface area contributed by atoms with Crippen LogP contribution in [0.25, 0.3) is 0 Å². The molecule has 10 nitrogen and oxygen atoms in total. The highest BCUT2D eigenvalue weighted by Gasteiger charge is 2.54. The topological polar surface area (TPSA) is 101 Å². The number of hydrogen-bond acceptors (Lipinski definition) is 6. The molecule has 4 rings (SSSR count). The molecule has 2 aromatic rings. The molecule has 0 bridgehead atoms. The van der Waals surface area contributed by atoms with Crippen LogP contribution in [0.3, 0.4) is 0 Å². The number of esters is 1. The van der Waals surface area contributed by atoms with Crippen LogP contribution >= 0.6 is 0 Å². The van der Waals surface area contributed by atoms with Crippen molar-refractivity contribution in [3.05, 3.63) is 35.5 Å². The lowest BCUT2D eigenvalue weighted by Crippen LogP contribution is -2.58. The van der Waals surface area contributed by atoms with E-state index in [1.165, 1.54) is 4.90 Å². The highest BCUT2D eigenvalue weighted by molar-refractivity contribution is 6.21. The van der Waals surface area contributed by atoms with Gasteiger partial charge in [0.05, 0.1) is 12.9 Å². The van der Waals surface area contributed by atoms with Gasteiger partial charge in [-0.25, -0.2) is 18.8 Å². The molecule has 2 aliphatic rings. The summed E-state index contributed by atoms with van der Waals surface area (Å²) in [5.41, 5.74) is 1.78. The number of amidine groups is 1. The molecule has 0 radical (unpaired) electrons. The molecule has 1 atom stereocenters. The number of nitrogens with zero attached hydrogens (tertiary/aromatic N) is 5. The summed E-state index contributed by atoms with van der Waals surface area (Å²) in [6.45, 7) is 5.70. The van der Waals surface area contributed by atoms with Crippen LogP contribution in [-0.2, 0) is 20.9 Å². The molecule has 0 aromatic carbocycles. The summed E-state index contributed by atoms with van der Waals surface area (Å²) in [4.78, 5) is 44.6. The van der Waals surface area contributed by atoms with Crippen molar-refractivity contribution >= 4 is 29.7 Å². The Morgan fingerprint density at radius 2 is 2.10 bits per heavy atom. The van der Waals surface area contributed by atoms with Gasteiger partial charge in [0.1, 0.15) is 30.2 Å². The Balaban J connectivity index is 1.75. The second-order valence-corrected chi connectivity index (χ2v) is 6.95. The third-order valence-corrected chi connectivity index (χ3v) is 5.31. The fourth-order valence-electron chi connectivity index (χ4n) is 3.73. The zero-order valence-corrected chi connectivity index (χ0v) is 16.7. The predicted octanol–water partition coefficient (Wildman–Crippen LogP) is 1.08. The van der Waals surface area contributed by atoms with Crippen molar-refractivity contribution in [1.29, 1.82) is 0 Å². The molecular formula is C19H22N5O5+. The van der Waals surface area contributed by atoms with Gasteiger partial charge in [-0.1, -0.05) is 4.99 Å². The number of imide groups is 1. The van der Waals surface area contributed by atoms with Gasteiger partial charge in [0, 0.05) is 7.05 Å². The van der Waals surface area contributed by atoms with E-state index in [1.807, 2.05) is 30.5 Å². The number of carbonyl (C=O) groups is 3. The fourth-order valence-corrected chi connectivity index (χ4v) is 3.73. The van der Waals surface area contributed by atoms with Crippen LogP contribution in [0.4, 0.5) is 10.7 Å². The highest BCUT2D eigenvalue weighted by Crippen LogP contribution is 2.35. The van der Waals surface area contributed by atoms with Crippen molar-refractivity contribution in [1.82, 2.24) is 14.4 Å². The number of rotatable bonds is 5. The van der Waals surface area contributed by atoms with Gasteiger partial charge < -0.3 is 9.15 Å². The van der Waals surface area contributed by atoms with E-state index in [1.54, 1.807) is 24.8 Å². The molecular weight excluding hydrogens is 378 g/mol. The average molecular weight is 400 g/mol. The number of amides is 3. The van der Waals surface area contributed by atoms with Crippen molar-refractivity contribution in [3.63, 3.8) is 0 Å². The Bertz CT molecular complexity index is 1040. The third kappa shape index (κ3) is 2.82. The van der Waals surface area contributed by atoms with Gasteiger partial charge in [-0.05, 0) is 32.9 Å². The number of aliphatic imine (C=N–C) groups is 1. The quantitative estimate of drug-likeness (QED) is 0.552. The molecule has 10 heteroatoms. The first-order valence-electron chi connectivity index (χ1n) is 9.32. The van der Waals surface area contributed by atoms with Crippen LogP contribution in [0.5, 0.6) is 0 Å². The number of imidazole rings is 1. The molecule has 1 fully saturated rings. The normalized spacial score (nSPS) is 18.1. The Morgan fingerprint density at radius 1 is 1.34 bits per heavy atom. The zero-order chi connectivity index (χ0) is 20.9. The Morgan fingerprint density at radius 3 is 2.76 bits per heavy atom. The van der Waals surface area contributed by atoms with Crippen molar-refractivity contribution < 1.29 is 28.1 Å². The van der Waals surface area contributed by atoms with Gasteiger partial charge in [0.2, 0.25) is 11.9 Å². The molecule has 4 heterocycles. The largest absolute Gasteiger partial charge is 0.466 e. The van der Waals surface area contributed by atoms with Crippen LogP contribution < -0.4 is 4.57 Å². The summed E-state index contributed by atoms with van der Waals surface area (Å²) in [6.07, 6.45) is 1.60. The van der Waals surface area contributed by atoms with Crippen LogP contribution in [-0.4, -0.2) is 58.3 Å². The molecule has 0 aliphatic carbocycles. The number of aromatic nitrogens is 2. The van der Waals surface area contributed by atoms with Gasteiger partial charge >= 0.3 is 17.9 Å². The number of urea groups is 1. The number of fused-ring (bicyclic) bond motifs is 3. The van der Waals surface area contributed by atoms with Crippen LogP contribution in [0.2, 0.25) is 0 Å². The van der Waals surface area contributed by atoms with E-state index in [-0.39, 0.29) is 6.61 Å². The first-order chi connectivity index (χ1) is 13.8. The smallest absolute Gasteiger partial charge is 0.402 e. The van der Waals surface area contributed by atoms with Crippen molar-refractivity contribution in [2.45, 2.75) is 33.4 Å². The lowest BCUT2D eigenvalue weighted by atomic mass is 10.1. The van der Waals surface area contributed by atoms with Gasteiger partial charge in [0.25, 0.3) is 5.91 Å². The van der Waals surface area contributed by atoms with E-state index in [4.69, 9.17) is 9.15 Å². The monoisotopic (exact) mass is 400 g/mol. The van der Waals surface area contributed by atoms with Crippen molar-refractivity contribution in [2.24, 2.45) is 4.99 Å². The van der Waals surface area contributed by atoms with E-state index in [9.17, 15) is 14.4 Å². The van der Waals surface area contributed by atoms with Crippen molar-refractivity contribution in [2.75, 3.05) is 20.2 Å². The van der Waals surface area contributed by atoms with Crippen LogP contribution in [0.15, 0.2) is 27.8 Å². The Hall–Kier alpha value is -3.43. The SMILES string of the molecule is CCOC(=O)CN1C(=O)C2C(=Nc3n2c(C)c(C)[n+]3Cc2ccco2)N(C)C1=O. The molecule has 152 valence electrons. The van der Waals surface area contributed by atoms with E-state index in [0.29, 0.717) is 18.3 Å². The lowest BCUT2D eigenvalue weighted by Gasteiger charge is -2.32. The summed E-state index contributed by atoms with van der Waals surface area (Å²) in [5, 5.41) is 0. The van der Waals surface area contributed by atoms with Gasteiger partial charge in [-0.15, -0.1) is 0 Å². The molecule has 29 heavy (non-hydrogen) atoms. The van der Waals surface area contributed by atoms with Gasteiger partial charge in [-0.2, -0.15) is 0 Å². The summed E-state index contributed by atoms with van der Waals surface area (Å²) < 4.78 is 14.1. The number of hydrogen-bond donors (Lipinski definition) is 0. The number of carbonyl (C=O) groups excluding carboxylic acids is 3. The minimum atomic E-state index is -0.807. The minimum absolute atomic E-state index is 0.174. The standard InChI is InChI=1S/C19H22N5O5/c1-5-28-14(25)10-23-17(26)15-16(21(4)19(23)27)20-18-22(9-13-7-6-8-29-13)11(2)12(3)24(15)18/h6-8,15H,5,9-10H2,1-4H3/q+1. The Kier molecular flexibility index (Phi) is 4.48. The van der Waals surface area contributed by atoms with Crippen molar-refractivity contribution in [3.8, 4) is 0 Å². The summed E-state index contributed by atoms with van der Waals surface area (Å²) >= 11 is 0. The predicted molar refractivity (Wildman–Crippen MR) is 99.5 cm³/mol. The average Bonchev–Trinajstić information content (AvgIpc) is 3.38. The second-order valence-electron chi connectivity index (χ2n) is 6.95. The maximum absolute atomic E-state index is 13.2. The second kappa shape index (κ2) is 6.87. The van der Waals surface area contributed by atoms with E-state index >= 15 is 0 Å².